The number of H-pyrrole nitrogens is 1. The van der Waals surface area contributed by atoms with Crippen LogP contribution in [0.4, 0.5) is 0 Å². The predicted octanol–water partition coefficient (Wildman–Crippen LogP) is 2.37. The zero-order valence-electron chi connectivity index (χ0n) is 7.28. The Morgan fingerprint density at radius 2 is 2.23 bits per heavy atom. The van der Waals surface area contributed by atoms with Gasteiger partial charge in [-0.15, -0.1) is 0 Å². The number of aromatic nitrogens is 1. The molecule has 3 nitrogen and oxygen atoms in total. The fourth-order valence-corrected chi connectivity index (χ4v) is 1.34. The summed E-state index contributed by atoms with van der Waals surface area (Å²) in [6.07, 6.45) is 1.89. The van der Waals surface area contributed by atoms with Crippen molar-refractivity contribution < 1.29 is 5.21 Å². The molecule has 0 aliphatic carbocycles. The number of hydrogen-bond acceptors (Lipinski definition) is 2. The van der Waals surface area contributed by atoms with E-state index in [2.05, 4.69) is 10.1 Å². The number of oxime groups is 1. The van der Waals surface area contributed by atoms with Crippen LogP contribution in [-0.4, -0.2) is 15.9 Å². The van der Waals surface area contributed by atoms with Gasteiger partial charge in [0, 0.05) is 17.1 Å². The average molecular weight is 174 g/mol. The van der Waals surface area contributed by atoms with Gasteiger partial charge in [-0.05, 0) is 30.7 Å². The standard InChI is InChI=1S/C10H10N2O/c1-7(12-13)8-2-3-10-9(6-8)4-5-11-10/h2-6,11,13H,1H3/b12-7-. The van der Waals surface area contributed by atoms with E-state index in [9.17, 15) is 0 Å². The third-order valence-corrected chi connectivity index (χ3v) is 2.12. The topological polar surface area (TPSA) is 48.4 Å². The first-order chi connectivity index (χ1) is 6.31. The third kappa shape index (κ3) is 1.28. The van der Waals surface area contributed by atoms with Crippen LogP contribution in [0, 0.1) is 0 Å². The van der Waals surface area contributed by atoms with E-state index in [4.69, 9.17) is 5.21 Å². The molecule has 0 atom stereocenters. The second-order valence-electron chi connectivity index (χ2n) is 2.97. The van der Waals surface area contributed by atoms with Crippen LogP contribution >= 0.6 is 0 Å². The van der Waals surface area contributed by atoms with E-state index in [1.165, 1.54) is 0 Å². The molecule has 66 valence electrons. The molecule has 0 bridgehead atoms. The maximum atomic E-state index is 8.59. The molecule has 0 amide bonds. The molecule has 0 saturated heterocycles. The van der Waals surface area contributed by atoms with Gasteiger partial charge < -0.3 is 10.2 Å². The van der Waals surface area contributed by atoms with E-state index in [-0.39, 0.29) is 0 Å². The maximum Gasteiger partial charge on any atom is 0.0837 e. The lowest BCUT2D eigenvalue weighted by atomic mass is 10.1. The number of aromatic amines is 1. The van der Waals surface area contributed by atoms with Gasteiger partial charge in [0.05, 0.1) is 5.71 Å². The monoisotopic (exact) mass is 174 g/mol. The van der Waals surface area contributed by atoms with Gasteiger partial charge >= 0.3 is 0 Å². The van der Waals surface area contributed by atoms with Crippen molar-refractivity contribution in [3.05, 3.63) is 36.0 Å². The summed E-state index contributed by atoms with van der Waals surface area (Å²) >= 11 is 0. The van der Waals surface area contributed by atoms with E-state index in [0.29, 0.717) is 5.71 Å². The van der Waals surface area contributed by atoms with E-state index in [1.54, 1.807) is 6.92 Å². The Labute approximate surface area is 75.7 Å². The molecule has 0 aliphatic rings. The number of fused-ring (bicyclic) bond motifs is 1. The lowest BCUT2D eigenvalue weighted by Crippen LogP contribution is -1.93. The van der Waals surface area contributed by atoms with Crippen molar-refractivity contribution in [3.8, 4) is 0 Å². The van der Waals surface area contributed by atoms with Crippen LogP contribution in [-0.2, 0) is 0 Å². The van der Waals surface area contributed by atoms with Crippen molar-refractivity contribution in [3.63, 3.8) is 0 Å². The van der Waals surface area contributed by atoms with E-state index >= 15 is 0 Å². The van der Waals surface area contributed by atoms with Gasteiger partial charge in [0.1, 0.15) is 0 Å². The van der Waals surface area contributed by atoms with Crippen LogP contribution in [0.2, 0.25) is 0 Å². The Hall–Kier alpha value is -1.77. The van der Waals surface area contributed by atoms with Crippen molar-refractivity contribution in [2.75, 3.05) is 0 Å². The molecule has 2 aromatic rings. The molecule has 13 heavy (non-hydrogen) atoms. The Morgan fingerprint density at radius 3 is 3.00 bits per heavy atom. The number of benzene rings is 1. The second kappa shape index (κ2) is 2.94. The van der Waals surface area contributed by atoms with Crippen molar-refractivity contribution in [2.45, 2.75) is 6.92 Å². The molecule has 0 radical (unpaired) electrons. The molecule has 0 aliphatic heterocycles. The van der Waals surface area contributed by atoms with Crippen LogP contribution < -0.4 is 0 Å². The summed E-state index contributed by atoms with van der Waals surface area (Å²) in [7, 11) is 0. The summed E-state index contributed by atoms with van der Waals surface area (Å²) < 4.78 is 0. The summed E-state index contributed by atoms with van der Waals surface area (Å²) in [5.41, 5.74) is 2.66. The SMILES string of the molecule is C/C(=N/O)c1ccc2[nH]ccc2c1. The van der Waals surface area contributed by atoms with Crippen LogP contribution in [0.15, 0.2) is 35.6 Å². The molecule has 0 unspecified atom stereocenters. The molecule has 1 heterocycles. The van der Waals surface area contributed by atoms with Gasteiger partial charge in [-0.3, -0.25) is 0 Å². The van der Waals surface area contributed by atoms with E-state index in [1.807, 2.05) is 30.5 Å². The van der Waals surface area contributed by atoms with Crippen molar-refractivity contribution in [1.29, 1.82) is 0 Å². The van der Waals surface area contributed by atoms with Gasteiger partial charge in [0.15, 0.2) is 0 Å². The Balaban J connectivity index is 2.60. The van der Waals surface area contributed by atoms with Gasteiger partial charge in [0.25, 0.3) is 0 Å². The first-order valence-corrected chi connectivity index (χ1v) is 4.07. The smallest absolute Gasteiger partial charge is 0.0837 e. The fraction of sp³-hybridized carbons (Fsp3) is 0.100. The molecule has 3 heteroatoms. The second-order valence-corrected chi connectivity index (χ2v) is 2.97. The highest BCUT2D eigenvalue weighted by molar-refractivity contribution is 6.01. The first kappa shape index (κ1) is 7.86. The van der Waals surface area contributed by atoms with Crippen LogP contribution in [0.1, 0.15) is 12.5 Å². The van der Waals surface area contributed by atoms with Gasteiger partial charge in [-0.25, -0.2) is 0 Å². The summed E-state index contributed by atoms with van der Waals surface area (Å²) in [6, 6.07) is 7.87. The van der Waals surface area contributed by atoms with Crippen LogP contribution in [0.25, 0.3) is 10.9 Å². The number of nitrogens with zero attached hydrogens (tertiary/aromatic N) is 1. The fourth-order valence-electron chi connectivity index (χ4n) is 1.34. The highest BCUT2D eigenvalue weighted by atomic mass is 16.4. The van der Waals surface area contributed by atoms with E-state index < -0.39 is 0 Å². The zero-order valence-corrected chi connectivity index (χ0v) is 7.28. The molecule has 2 N–H and O–H groups in total. The summed E-state index contributed by atoms with van der Waals surface area (Å²) in [4.78, 5) is 3.10. The minimum Gasteiger partial charge on any atom is -0.411 e. The summed E-state index contributed by atoms with van der Waals surface area (Å²) in [5, 5.41) is 12.9. The van der Waals surface area contributed by atoms with Crippen molar-refractivity contribution in [2.24, 2.45) is 5.16 Å². The lowest BCUT2D eigenvalue weighted by molar-refractivity contribution is 0.319. The van der Waals surface area contributed by atoms with Gasteiger partial charge in [0.2, 0.25) is 0 Å². The third-order valence-electron chi connectivity index (χ3n) is 2.12. The molecule has 1 aromatic heterocycles. The number of rotatable bonds is 1. The lowest BCUT2D eigenvalue weighted by Gasteiger charge is -1.97. The maximum absolute atomic E-state index is 8.59. The van der Waals surface area contributed by atoms with Crippen LogP contribution in [0.3, 0.4) is 0 Å². The Morgan fingerprint density at radius 1 is 1.38 bits per heavy atom. The average Bonchev–Trinajstić information content (AvgIpc) is 2.63. The summed E-state index contributed by atoms with van der Waals surface area (Å²) in [6.45, 7) is 1.77. The predicted molar refractivity (Wildman–Crippen MR) is 52.3 cm³/mol. The van der Waals surface area contributed by atoms with Crippen molar-refractivity contribution >= 4 is 16.6 Å². The highest BCUT2D eigenvalue weighted by Gasteiger charge is 1.99. The first-order valence-electron chi connectivity index (χ1n) is 4.07. The zero-order chi connectivity index (χ0) is 9.26. The molecule has 0 spiro atoms. The Bertz CT molecular complexity index is 457. The van der Waals surface area contributed by atoms with Crippen molar-refractivity contribution in [1.82, 2.24) is 4.98 Å². The molecule has 0 fully saturated rings. The van der Waals surface area contributed by atoms with Crippen LogP contribution in [0.5, 0.6) is 0 Å². The minimum atomic E-state index is 0.628. The molecular weight excluding hydrogens is 164 g/mol. The highest BCUT2D eigenvalue weighted by Crippen LogP contribution is 2.14. The molecular formula is C10H10N2O. The molecule has 0 saturated carbocycles. The molecule has 2 rings (SSSR count). The normalized spacial score (nSPS) is 12.2. The summed E-state index contributed by atoms with van der Waals surface area (Å²) in [5.74, 6) is 0. The van der Waals surface area contributed by atoms with E-state index in [0.717, 1.165) is 16.5 Å². The molecule has 1 aromatic carbocycles. The number of hydrogen-bond donors (Lipinski definition) is 2. The minimum absolute atomic E-state index is 0.628. The Kier molecular flexibility index (Phi) is 1.77. The largest absolute Gasteiger partial charge is 0.411 e. The quantitative estimate of drug-likeness (QED) is 0.389. The van der Waals surface area contributed by atoms with Gasteiger partial charge in [-0.1, -0.05) is 11.2 Å². The number of nitrogens with one attached hydrogen (secondary N) is 1. The van der Waals surface area contributed by atoms with Gasteiger partial charge in [-0.2, -0.15) is 0 Å².